The monoisotopic (exact) mass is 275 g/mol. The van der Waals surface area contributed by atoms with Crippen molar-refractivity contribution in [2.45, 2.75) is 0 Å². The SMILES string of the molecule is Nc1ccc2sc(C(=O)Nc3nccs3)cc2c1. The third kappa shape index (κ3) is 2.07. The van der Waals surface area contributed by atoms with E-state index in [-0.39, 0.29) is 5.91 Å². The van der Waals surface area contributed by atoms with Gasteiger partial charge in [-0.2, -0.15) is 0 Å². The second-order valence-corrected chi connectivity index (χ2v) is 5.68. The number of thiazole rings is 1. The number of rotatable bonds is 2. The second-order valence-electron chi connectivity index (χ2n) is 3.70. The smallest absolute Gasteiger partial charge is 0.267 e. The minimum Gasteiger partial charge on any atom is -0.399 e. The normalized spacial score (nSPS) is 10.7. The van der Waals surface area contributed by atoms with Gasteiger partial charge in [-0.05, 0) is 29.7 Å². The molecule has 3 N–H and O–H groups in total. The predicted molar refractivity (Wildman–Crippen MR) is 76.3 cm³/mol. The lowest BCUT2D eigenvalue weighted by Gasteiger charge is -1.96. The Morgan fingerprint density at radius 3 is 3.00 bits per heavy atom. The molecule has 1 aromatic carbocycles. The van der Waals surface area contributed by atoms with Gasteiger partial charge in [-0.1, -0.05) is 0 Å². The lowest BCUT2D eigenvalue weighted by atomic mass is 10.2. The molecular formula is C12H9N3OS2. The summed E-state index contributed by atoms with van der Waals surface area (Å²) in [6, 6.07) is 7.47. The molecule has 0 bridgehead atoms. The Kier molecular flexibility index (Phi) is 2.73. The van der Waals surface area contributed by atoms with Gasteiger partial charge in [0, 0.05) is 22.0 Å². The van der Waals surface area contributed by atoms with E-state index < -0.39 is 0 Å². The summed E-state index contributed by atoms with van der Waals surface area (Å²) < 4.78 is 1.05. The van der Waals surface area contributed by atoms with Gasteiger partial charge in [-0.15, -0.1) is 22.7 Å². The fourth-order valence-electron chi connectivity index (χ4n) is 1.62. The quantitative estimate of drug-likeness (QED) is 0.706. The molecule has 0 fully saturated rings. The van der Waals surface area contributed by atoms with Crippen LogP contribution in [-0.2, 0) is 0 Å². The Labute approximate surface area is 111 Å². The maximum Gasteiger partial charge on any atom is 0.267 e. The largest absolute Gasteiger partial charge is 0.399 e. The van der Waals surface area contributed by atoms with Crippen molar-refractivity contribution in [1.82, 2.24) is 4.98 Å². The molecule has 3 rings (SSSR count). The van der Waals surface area contributed by atoms with E-state index in [9.17, 15) is 4.79 Å². The van der Waals surface area contributed by atoms with Gasteiger partial charge in [-0.25, -0.2) is 4.98 Å². The Hall–Kier alpha value is -1.92. The van der Waals surface area contributed by atoms with Gasteiger partial charge in [0.15, 0.2) is 5.13 Å². The number of anilines is 2. The molecule has 0 aliphatic rings. The van der Waals surface area contributed by atoms with Crippen LogP contribution in [-0.4, -0.2) is 10.9 Å². The molecule has 3 aromatic rings. The van der Waals surface area contributed by atoms with Crippen LogP contribution in [0.15, 0.2) is 35.8 Å². The Balaban J connectivity index is 1.92. The van der Waals surface area contributed by atoms with Gasteiger partial charge >= 0.3 is 0 Å². The van der Waals surface area contributed by atoms with Gasteiger partial charge in [0.1, 0.15) is 0 Å². The average molecular weight is 275 g/mol. The number of benzene rings is 1. The number of amides is 1. The number of thiophene rings is 1. The zero-order chi connectivity index (χ0) is 12.5. The number of nitrogens with zero attached hydrogens (tertiary/aromatic N) is 1. The molecule has 2 aromatic heterocycles. The van der Waals surface area contributed by atoms with Crippen LogP contribution < -0.4 is 11.1 Å². The van der Waals surface area contributed by atoms with E-state index in [1.807, 2.05) is 29.6 Å². The minimum absolute atomic E-state index is 0.135. The maximum absolute atomic E-state index is 12.0. The molecule has 0 unspecified atom stereocenters. The fraction of sp³-hybridized carbons (Fsp3) is 0. The molecule has 1 amide bonds. The Morgan fingerprint density at radius 2 is 2.22 bits per heavy atom. The summed E-state index contributed by atoms with van der Waals surface area (Å²) in [5.41, 5.74) is 6.42. The first kappa shape index (κ1) is 11.2. The van der Waals surface area contributed by atoms with Crippen LogP contribution in [0, 0.1) is 0 Å². The van der Waals surface area contributed by atoms with Gasteiger partial charge in [0.2, 0.25) is 0 Å². The molecule has 0 radical (unpaired) electrons. The first-order valence-corrected chi connectivity index (χ1v) is 6.92. The number of hydrogen-bond acceptors (Lipinski definition) is 5. The minimum atomic E-state index is -0.135. The summed E-state index contributed by atoms with van der Waals surface area (Å²) >= 11 is 2.84. The van der Waals surface area contributed by atoms with Gasteiger partial charge in [0.05, 0.1) is 4.88 Å². The van der Waals surface area contributed by atoms with Crippen molar-refractivity contribution >= 4 is 49.5 Å². The summed E-state index contributed by atoms with van der Waals surface area (Å²) in [6.07, 6.45) is 1.66. The van der Waals surface area contributed by atoms with Gasteiger partial charge in [0.25, 0.3) is 5.91 Å². The van der Waals surface area contributed by atoms with E-state index in [0.29, 0.717) is 15.7 Å². The lowest BCUT2D eigenvalue weighted by Crippen LogP contribution is -2.09. The Bertz CT molecular complexity index is 703. The molecule has 0 saturated heterocycles. The number of aromatic nitrogens is 1. The number of carbonyl (C=O) groups is 1. The highest BCUT2D eigenvalue weighted by atomic mass is 32.1. The molecule has 4 nitrogen and oxygen atoms in total. The fourth-order valence-corrected chi connectivity index (χ4v) is 3.08. The molecule has 6 heteroatoms. The van der Waals surface area contributed by atoms with Crippen LogP contribution in [0.1, 0.15) is 9.67 Å². The third-order valence-electron chi connectivity index (χ3n) is 2.42. The van der Waals surface area contributed by atoms with Crippen LogP contribution in [0.4, 0.5) is 10.8 Å². The van der Waals surface area contributed by atoms with Crippen molar-refractivity contribution < 1.29 is 4.79 Å². The van der Waals surface area contributed by atoms with E-state index >= 15 is 0 Å². The molecular weight excluding hydrogens is 266 g/mol. The lowest BCUT2D eigenvalue weighted by molar-refractivity contribution is 0.103. The van der Waals surface area contributed by atoms with E-state index in [0.717, 1.165) is 10.1 Å². The summed E-state index contributed by atoms with van der Waals surface area (Å²) in [7, 11) is 0. The van der Waals surface area contributed by atoms with E-state index in [1.54, 1.807) is 6.20 Å². The van der Waals surface area contributed by atoms with Crippen molar-refractivity contribution in [2.24, 2.45) is 0 Å². The molecule has 0 aliphatic heterocycles. The average Bonchev–Trinajstić information content (AvgIpc) is 2.96. The number of hydrogen-bond donors (Lipinski definition) is 2. The number of carbonyl (C=O) groups excluding carboxylic acids is 1. The van der Waals surface area contributed by atoms with E-state index in [4.69, 9.17) is 5.73 Å². The first-order chi connectivity index (χ1) is 8.72. The van der Waals surface area contributed by atoms with Gasteiger partial charge < -0.3 is 5.73 Å². The van der Waals surface area contributed by atoms with Crippen molar-refractivity contribution in [3.05, 3.63) is 40.7 Å². The third-order valence-corrected chi connectivity index (χ3v) is 4.22. The maximum atomic E-state index is 12.0. The predicted octanol–water partition coefficient (Wildman–Crippen LogP) is 3.19. The first-order valence-electron chi connectivity index (χ1n) is 5.22. The van der Waals surface area contributed by atoms with Crippen molar-refractivity contribution in [1.29, 1.82) is 0 Å². The number of nitrogen functional groups attached to an aromatic ring is 1. The molecule has 2 heterocycles. The van der Waals surface area contributed by atoms with E-state index in [1.165, 1.54) is 22.7 Å². The topological polar surface area (TPSA) is 68.0 Å². The summed E-state index contributed by atoms with van der Waals surface area (Å²) in [5, 5.41) is 6.18. The molecule has 0 spiro atoms. The molecule has 18 heavy (non-hydrogen) atoms. The molecule has 90 valence electrons. The van der Waals surface area contributed by atoms with Crippen LogP contribution in [0.25, 0.3) is 10.1 Å². The molecule has 0 saturated carbocycles. The van der Waals surface area contributed by atoms with E-state index in [2.05, 4.69) is 10.3 Å². The zero-order valence-corrected chi connectivity index (χ0v) is 10.8. The van der Waals surface area contributed by atoms with Crippen LogP contribution >= 0.6 is 22.7 Å². The summed E-state index contributed by atoms with van der Waals surface area (Å²) in [5.74, 6) is -0.135. The van der Waals surface area contributed by atoms with Crippen LogP contribution in [0.3, 0.4) is 0 Å². The van der Waals surface area contributed by atoms with Crippen molar-refractivity contribution in [3.63, 3.8) is 0 Å². The highest BCUT2D eigenvalue weighted by molar-refractivity contribution is 7.21. The van der Waals surface area contributed by atoms with Crippen LogP contribution in [0.2, 0.25) is 0 Å². The van der Waals surface area contributed by atoms with Crippen LogP contribution in [0.5, 0.6) is 0 Å². The highest BCUT2D eigenvalue weighted by Gasteiger charge is 2.11. The Morgan fingerprint density at radius 1 is 1.33 bits per heavy atom. The zero-order valence-electron chi connectivity index (χ0n) is 9.21. The number of nitrogens with one attached hydrogen (secondary N) is 1. The molecule has 0 atom stereocenters. The summed E-state index contributed by atoms with van der Waals surface area (Å²) in [6.45, 7) is 0. The summed E-state index contributed by atoms with van der Waals surface area (Å²) in [4.78, 5) is 16.7. The van der Waals surface area contributed by atoms with Crippen molar-refractivity contribution in [3.8, 4) is 0 Å². The number of fused-ring (bicyclic) bond motifs is 1. The second kappa shape index (κ2) is 4.40. The highest BCUT2D eigenvalue weighted by Crippen LogP contribution is 2.28. The van der Waals surface area contributed by atoms with Gasteiger partial charge in [-0.3, -0.25) is 10.1 Å². The standard InChI is InChI=1S/C12H9N3OS2/c13-8-1-2-9-7(5-8)6-10(18-9)11(16)15-12-14-3-4-17-12/h1-6H,13H2,(H,14,15,16). The number of nitrogens with two attached hydrogens (primary N) is 1. The van der Waals surface area contributed by atoms with Crippen molar-refractivity contribution in [2.75, 3.05) is 11.1 Å². The molecule has 0 aliphatic carbocycles.